The molecule has 0 saturated heterocycles. The predicted octanol–water partition coefficient (Wildman–Crippen LogP) is 6.44. The summed E-state index contributed by atoms with van der Waals surface area (Å²) in [4.78, 5) is 28.3. The summed E-state index contributed by atoms with van der Waals surface area (Å²) >= 11 is 0. The Morgan fingerprint density at radius 2 is 1.67 bits per heavy atom. The minimum Gasteiger partial charge on any atom is -0.345 e. The van der Waals surface area contributed by atoms with Crippen LogP contribution in [0.4, 0.5) is 13.2 Å². The fraction of sp³-hybridized carbons (Fsp3) is 0.194. The van der Waals surface area contributed by atoms with E-state index in [0.29, 0.717) is 16.7 Å². The lowest BCUT2D eigenvalue weighted by Crippen LogP contribution is -2.30. The Balaban J connectivity index is 2.18. The molecule has 1 aromatic heterocycles. The molecule has 0 aliphatic heterocycles. The second-order valence-corrected chi connectivity index (χ2v) is 9.54. The molecule has 0 atom stereocenters. The summed E-state index contributed by atoms with van der Waals surface area (Å²) < 4.78 is 43.8. The highest BCUT2D eigenvalue weighted by Gasteiger charge is 2.37. The quantitative estimate of drug-likeness (QED) is 0.299. The van der Waals surface area contributed by atoms with Gasteiger partial charge in [-0.25, -0.2) is 0 Å². The van der Waals surface area contributed by atoms with Gasteiger partial charge in [0.1, 0.15) is 11.6 Å². The van der Waals surface area contributed by atoms with Gasteiger partial charge in [-0.05, 0) is 48.2 Å². The van der Waals surface area contributed by atoms with E-state index in [2.05, 4.69) is 0 Å². The molecule has 0 aliphatic carbocycles. The number of alkyl halides is 3. The van der Waals surface area contributed by atoms with E-state index in [1.165, 1.54) is 21.6 Å². The lowest BCUT2D eigenvalue weighted by atomic mass is 9.90. The molecule has 5 nitrogen and oxygen atoms in total. The molecule has 0 saturated carbocycles. The molecule has 1 amide bonds. The van der Waals surface area contributed by atoms with Crippen LogP contribution in [0.25, 0.3) is 22.4 Å². The van der Waals surface area contributed by atoms with Crippen molar-refractivity contribution in [3.63, 3.8) is 0 Å². The van der Waals surface area contributed by atoms with Gasteiger partial charge in [-0.15, -0.1) is 0 Å². The molecule has 1 heterocycles. The summed E-state index contributed by atoms with van der Waals surface area (Å²) in [7, 11) is 3.09. The van der Waals surface area contributed by atoms with E-state index in [0.717, 1.165) is 17.2 Å². The number of hydrogen-bond donors (Lipinski definition) is 0. The van der Waals surface area contributed by atoms with Gasteiger partial charge < -0.3 is 9.47 Å². The molecule has 0 bridgehead atoms. The van der Waals surface area contributed by atoms with Crippen LogP contribution in [-0.4, -0.2) is 29.5 Å². The first-order chi connectivity index (χ1) is 18.4. The second-order valence-electron chi connectivity index (χ2n) is 9.54. The number of benzene rings is 3. The zero-order valence-electron chi connectivity index (χ0n) is 21.9. The normalized spacial score (nSPS) is 11.2. The minimum absolute atomic E-state index is 0.0915. The van der Waals surface area contributed by atoms with Gasteiger partial charge in [-0.3, -0.25) is 9.59 Å². The Hall–Kier alpha value is -4.64. The molecular weight excluding hydrogens is 503 g/mol. The summed E-state index contributed by atoms with van der Waals surface area (Å²) in [6, 6.07) is 21.7. The first-order valence-electron chi connectivity index (χ1n) is 12.2. The lowest BCUT2D eigenvalue weighted by molar-refractivity contribution is -0.137. The highest BCUT2D eigenvalue weighted by atomic mass is 19.4. The third kappa shape index (κ3) is 5.34. The number of carbonyl (C=O) groups is 1. The maximum atomic E-state index is 14.2. The third-order valence-corrected chi connectivity index (χ3v) is 6.59. The average Bonchev–Trinajstić information content (AvgIpc) is 2.89. The molecule has 0 unspecified atom stereocenters. The molecule has 0 spiro atoms. The van der Waals surface area contributed by atoms with Crippen molar-refractivity contribution < 1.29 is 18.0 Å². The number of aromatic nitrogens is 1. The van der Waals surface area contributed by atoms with Crippen molar-refractivity contribution >= 4 is 5.91 Å². The van der Waals surface area contributed by atoms with Crippen LogP contribution in [0, 0.1) is 25.2 Å². The Morgan fingerprint density at radius 1 is 0.974 bits per heavy atom. The SMILES string of the molecule is Cc1ccc(Cn2c(-c3c(C(=O)N(C)C)cccc3-c3ccccc3)cc(C(F)(F)F)c(C#N)c2=O)c(C)c1. The maximum absolute atomic E-state index is 14.2. The molecule has 39 heavy (non-hydrogen) atoms. The Labute approximate surface area is 224 Å². The zero-order chi connectivity index (χ0) is 28.5. The van der Waals surface area contributed by atoms with Crippen molar-refractivity contribution in [3.8, 4) is 28.5 Å². The van der Waals surface area contributed by atoms with E-state index < -0.39 is 28.8 Å². The number of rotatable bonds is 5. The first kappa shape index (κ1) is 27.4. The van der Waals surface area contributed by atoms with E-state index >= 15 is 0 Å². The largest absolute Gasteiger partial charge is 0.417 e. The van der Waals surface area contributed by atoms with Crippen molar-refractivity contribution in [1.82, 2.24) is 9.47 Å². The summed E-state index contributed by atoms with van der Waals surface area (Å²) in [6.45, 7) is 3.67. The fourth-order valence-corrected chi connectivity index (χ4v) is 4.64. The molecule has 198 valence electrons. The zero-order valence-corrected chi connectivity index (χ0v) is 21.9. The van der Waals surface area contributed by atoms with E-state index in [9.17, 15) is 28.0 Å². The molecule has 0 N–H and O–H groups in total. The molecule has 8 heteroatoms. The summed E-state index contributed by atoms with van der Waals surface area (Å²) in [6.07, 6.45) is -4.97. The van der Waals surface area contributed by atoms with Gasteiger partial charge in [-0.1, -0.05) is 66.2 Å². The number of carbonyl (C=O) groups excluding carboxylic acids is 1. The molecule has 0 fully saturated rings. The van der Waals surface area contributed by atoms with Crippen LogP contribution >= 0.6 is 0 Å². The third-order valence-electron chi connectivity index (χ3n) is 6.59. The molecule has 0 aliphatic rings. The van der Waals surface area contributed by atoms with Crippen molar-refractivity contribution in [3.05, 3.63) is 117 Å². The van der Waals surface area contributed by atoms with Crippen LogP contribution in [0.15, 0.2) is 77.6 Å². The summed E-state index contributed by atoms with van der Waals surface area (Å²) in [5.74, 6) is -0.439. The van der Waals surface area contributed by atoms with Crippen LogP contribution in [-0.2, 0) is 12.7 Å². The highest BCUT2D eigenvalue weighted by molar-refractivity contribution is 6.04. The van der Waals surface area contributed by atoms with Crippen LogP contribution in [0.5, 0.6) is 0 Å². The van der Waals surface area contributed by atoms with Gasteiger partial charge in [0.15, 0.2) is 0 Å². The summed E-state index contributed by atoms with van der Waals surface area (Å²) in [5.41, 5.74) is 0.470. The van der Waals surface area contributed by atoms with Gasteiger partial charge in [0.25, 0.3) is 11.5 Å². The Bertz CT molecular complexity index is 1660. The van der Waals surface area contributed by atoms with Crippen molar-refractivity contribution in [2.24, 2.45) is 0 Å². The first-order valence-corrected chi connectivity index (χ1v) is 12.2. The minimum atomic E-state index is -4.97. The second kappa shape index (κ2) is 10.6. The van der Waals surface area contributed by atoms with Gasteiger partial charge in [0.2, 0.25) is 0 Å². The van der Waals surface area contributed by atoms with Crippen LogP contribution < -0.4 is 5.56 Å². The number of aryl methyl sites for hydroxylation is 2. The molecule has 0 radical (unpaired) electrons. The number of nitriles is 1. The summed E-state index contributed by atoms with van der Waals surface area (Å²) in [5, 5.41) is 9.63. The van der Waals surface area contributed by atoms with Crippen molar-refractivity contribution in [1.29, 1.82) is 5.26 Å². The topological polar surface area (TPSA) is 66.1 Å². The van der Waals surface area contributed by atoms with Gasteiger partial charge >= 0.3 is 6.18 Å². The standard InChI is InChI=1S/C31H26F3N3O2/c1-19-13-14-22(20(2)15-19)18-37-27(16-26(31(32,33)34)25(17-35)30(37)39)28-23(21-9-6-5-7-10-21)11-8-12-24(28)29(38)36(3)4/h5-16H,18H2,1-4H3. The highest BCUT2D eigenvalue weighted by Crippen LogP contribution is 2.39. The monoisotopic (exact) mass is 529 g/mol. The van der Waals surface area contributed by atoms with E-state index in [1.807, 2.05) is 26.0 Å². The van der Waals surface area contributed by atoms with Gasteiger partial charge in [-0.2, -0.15) is 18.4 Å². The average molecular weight is 530 g/mol. The van der Waals surface area contributed by atoms with Crippen LogP contribution in [0.1, 0.15) is 38.2 Å². The van der Waals surface area contributed by atoms with Crippen molar-refractivity contribution in [2.45, 2.75) is 26.6 Å². The maximum Gasteiger partial charge on any atom is 0.417 e. The molecule has 3 aromatic carbocycles. The number of halogens is 3. The Kier molecular flexibility index (Phi) is 7.46. The van der Waals surface area contributed by atoms with Crippen molar-refractivity contribution in [2.75, 3.05) is 14.1 Å². The fourth-order valence-electron chi connectivity index (χ4n) is 4.64. The molecule has 4 aromatic rings. The Morgan fingerprint density at radius 3 is 2.26 bits per heavy atom. The number of nitrogens with zero attached hydrogens (tertiary/aromatic N) is 3. The smallest absolute Gasteiger partial charge is 0.345 e. The van der Waals surface area contributed by atoms with Gasteiger partial charge in [0, 0.05) is 25.2 Å². The predicted molar refractivity (Wildman–Crippen MR) is 144 cm³/mol. The molecule has 4 rings (SSSR count). The number of amides is 1. The number of pyridine rings is 1. The number of hydrogen-bond acceptors (Lipinski definition) is 3. The van der Waals surface area contributed by atoms with E-state index in [-0.39, 0.29) is 23.4 Å². The molecular formula is C31H26F3N3O2. The lowest BCUT2D eigenvalue weighted by Gasteiger charge is -2.23. The van der Waals surface area contributed by atoms with E-state index in [4.69, 9.17) is 0 Å². The van der Waals surface area contributed by atoms with Crippen LogP contribution in [0.3, 0.4) is 0 Å². The van der Waals surface area contributed by atoms with E-state index in [1.54, 1.807) is 62.6 Å². The van der Waals surface area contributed by atoms with Crippen LogP contribution in [0.2, 0.25) is 0 Å². The van der Waals surface area contributed by atoms with Gasteiger partial charge in [0.05, 0.1) is 17.8 Å².